The summed E-state index contributed by atoms with van der Waals surface area (Å²) in [5.41, 5.74) is 0. The van der Waals surface area contributed by atoms with Crippen LogP contribution in [0.2, 0.25) is 0 Å². The molecule has 2 amide bonds. The summed E-state index contributed by atoms with van der Waals surface area (Å²) in [6.45, 7) is 7.60. The fourth-order valence-corrected chi connectivity index (χ4v) is 1.78. The quantitative estimate of drug-likeness (QED) is 0.509. The summed E-state index contributed by atoms with van der Waals surface area (Å²) < 4.78 is 5.38. The largest absolute Gasteiger partial charge is 0.379 e. The number of imide groups is 1. The van der Waals surface area contributed by atoms with E-state index in [1.807, 2.05) is 6.92 Å². The molecule has 0 bridgehead atoms. The smallest absolute Gasteiger partial charge is 0.232 e. The summed E-state index contributed by atoms with van der Waals surface area (Å²) in [6.07, 6.45) is 1.12. The van der Waals surface area contributed by atoms with Gasteiger partial charge in [0.25, 0.3) is 0 Å². The fraction of sp³-hybridized carbons (Fsp3) is 0.833. The Hall–Kier alpha value is -0.900. The highest BCUT2D eigenvalue weighted by atomic mass is 16.5. The summed E-state index contributed by atoms with van der Waals surface area (Å²) in [7, 11) is 0. The van der Waals surface area contributed by atoms with Gasteiger partial charge in [0.1, 0.15) is 0 Å². The molecule has 1 heterocycles. The maximum atomic E-state index is 11.7. The minimum atomic E-state index is -0.0994. The van der Waals surface area contributed by atoms with Crippen LogP contribution in [0.4, 0.5) is 0 Å². The summed E-state index contributed by atoms with van der Waals surface area (Å²) in [5, 5.41) is 0. The van der Waals surface area contributed by atoms with Crippen LogP contribution < -0.4 is 0 Å². The molecule has 0 aromatic heterocycles. The zero-order valence-electron chi connectivity index (χ0n) is 10.4. The number of rotatable bonds is 6. The Bertz CT molecular complexity index is 263. The second-order valence-electron chi connectivity index (χ2n) is 4.66. The molecule has 1 atom stereocenters. The Labute approximate surface area is 96.9 Å². The first kappa shape index (κ1) is 13.2. The summed E-state index contributed by atoms with van der Waals surface area (Å²) >= 11 is 0. The van der Waals surface area contributed by atoms with Crippen LogP contribution >= 0.6 is 0 Å². The Kier molecular flexibility index (Phi) is 4.93. The molecule has 1 unspecified atom stereocenters. The lowest BCUT2D eigenvalue weighted by Crippen LogP contribution is -2.34. The number of amides is 2. The molecule has 1 fully saturated rings. The highest BCUT2D eigenvalue weighted by Crippen LogP contribution is 2.21. The van der Waals surface area contributed by atoms with Crippen LogP contribution in [0.3, 0.4) is 0 Å². The van der Waals surface area contributed by atoms with E-state index in [2.05, 4.69) is 13.8 Å². The van der Waals surface area contributed by atoms with Gasteiger partial charge in [-0.15, -0.1) is 0 Å². The van der Waals surface area contributed by atoms with Gasteiger partial charge in [-0.1, -0.05) is 20.8 Å². The summed E-state index contributed by atoms with van der Waals surface area (Å²) in [4.78, 5) is 24.6. The number of likely N-dealkylation sites (tertiary alicyclic amines) is 1. The van der Waals surface area contributed by atoms with E-state index in [0.29, 0.717) is 32.1 Å². The van der Waals surface area contributed by atoms with E-state index in [1.165, 1.54) is 4.90 Å². The van der Waals surface area contributed by atoms with E-state index < -0.39 is 0 Å². The Morgan fingerprint density at radius 2 is 2.12 bits per heavy atom. The van der Waals surface area contributed by atoms with Crippen molar-refractivity contribution in [1.29, 1.82) is 0 Å². The molecular weight excluding hydrogens is 206 g/mol. The third kappa shape index (κ3) is 3.30. The van der Waals surface area contributed by atoms with Crippen molar-refractivity contribution in [2.45, 2.75) is 33.6 Å². The topological polar surface area (TPSA) is 46.6 Å². The Morgan fingerprint density at radius 3 is 2.62 bits per heavy atom. The van der Waals surface area contributed by atoms with E-state index in [1.54, 1.807) is 0 Å². The molecule has 1 aliphatic heterocycles. The fourth-order valence-electron chi connectivity index (χ4n) is 1.78. The van der Waals surface area contributed by atoms with Gasteiger partial charge in [0.2, 0.25) is 11.8 Å². The number of hydrogen-bond donors (Lipinski definition) is 0. The first-order valence-electron chi connectivity index (χ1n) is 5.98. The molecule has 4 heteroatoms. The molecule has 0 radical (unpaired) electrons. The van der Waals surface area contributed by atoms with E-state index in [9.17, 15) is 9.59 Å². The number of ether oxygens (including phenoxy) is 1. The lowest BCUT2D eigenvalue weighted by atomic mass is 10.1. The molecule has 92 valence electrons. The van der Waals surface area contributed by atoms with Gasteiger partial charge in [0, 0.05) is 18.9 Å². The van der Waals surface area contributed by atoms with Gasteiger partial charge in [-0.05, 0) is 12.3 Å². The molecule has 1 saturated heterocycles. The van der Waals surface area contributed by atoms with Crippen LogP contribution in [-0.2, 0) is 14.3 Å². The first-order chi connectivity index (χ1) is 7.56. The summed E-state index contributed by atoms with van der Waals surface area (Å²) in [5.74, 6) is 0.302. The van der Waals surface area contributed by atoms with E-state index in [4.69, 9.17) is 4.74 Å². The van der Waals surface area contributed by atoms with Crippen molar-refractivity contribution >= 4 is 11.8 Å². The minimum absolute atomic E-state index is 0.0272. The molecule has 0 aromatic rings. The molecule has 0 N–H and O–H groups in total. The number of hydrogen-bond acceptors (Lipinski definition) is 3. The van der Waals surface area contributed by atoms with Crippen LogP contribution in [0.1, 0.15) is 33.6 Å². The normalized spacial score (nSPS) is 21.2. The second-order valence-corrected chi connectivity index (χ2v) is 4.66. The lowest BCUT2D eigenvalue weighted by molar-refractivity contribution is -0.140. The van der Waals surface area contributed by atoms with Gasteiger partial charge >= 0.3 is 0 Å². The average molecular weight is 227 g/mol. The maximum Gasteiger partial charge on any atom is 0.232 e. The first-order valence-corrected chi connectivity index (χ1v) is 5.98. The van der Waals surface area contributed by atoms with Gasteiger partial charge in [-0.3, -0.25) is 14.5 Å². The van der Waals surface area contributed by atoms with Crippen molar-refractivity contribution in [3.05, 3.63) is 0 Å². The zero-order valence-corrected chi connectivity index (χ0v) is 10.4. The van der Waals surface area contributed by atoms with Crippen LogP contribution in [0.25, 0.3) is 0 Å². The van der Waals surface area contributed by atoms with Crippen molar-refractivity contribution in [2.24, 2.45) is 11.8 Å². The summed E-state index contributed by atoms with van der Waals surface area (Å²) in [6, 6.07) is 0. The van der Waals surface area contributed by atoms with E-state index >= 15 is 0 Å². The van der Waals surface area contributed by atoms with Crippen LogP contribution in [0.5, 0.6) is 0 Å². The predicted molar refractivity (Wildman–Crippen MR) is 60.8 cm³/mol. The van der Waals surface area contributed by atoms with Gasteiger partial charge in [0.15, 0.2) is 0 Å². The molecule has 1 rings (SSSR count). The van der Waals surface area contributed by atoms with E-state index in [-0.39, 0.29) is 17.7 Å². The molecule has 1 aliphatic rings. The molecule has 0 spiro atoms. The standard InChI is InChI=1S/C12H21NO3/c1-4-10-7-11(14)13(12(10)15)5-6-16-8-9(2)3/h9-10H,4-8H2,1-3H3. The van der Waals surface area contributed by atoms with Crippen molar-refractivity contribution < 1.29 is 14.3 Å². The SMILES string of the molecule is CCC1CC(=O)N(CCOCC(C)C)C1=O. The van der Waals surface area contributed by atoms with Crippen LogP contribution in [0, 0.1) is 11.8 Å². The average Bonchev–Trinajstić information content (AvgIpc) is 2.50. The highest BCUT2D eigenvalue weighted by Gasteiger charge is 2.36. The lowest BCUT2D eigenvalue weighted by Gasteiger charge is -2.15. The third-order valence-electron chi connectivity index (χ3n) is 2.74. The van der Waals surface area contributed by atoms with E-state index in [0.717, 1.165) is 6.42 Å². The van der Waals surface area contributed by atoms with Crippen molar-refractivity contribution in [2.75, 3.05) is 19.8 Å². The third-order valence-corrected chi connectivity index (χ3v) is 2.74. The minimum Gasteiger partial charge on any atom is -0.379 e. The molecule has 0 aromatic carbocycles. The molecule has 0 saturated carbocycles. The number of carbonyl (C=O) groups is 2. The highest BCUT2D eigenvalue weighted by molar-refractivity contribution is 6.03. The van der Waals surface area contributed by atoms with Crippen molar-refractivity contribution in [1.82, 2.24) is 4.90 Å². The zero-order chi connectivity index (χ0) is 12.1. The molecule has 0 aliphatic carbocycles. The number of nitrogens with zero attached hydrogens (tertiary/aromatic N) is 1. The van der Waals surface area contributed by atoms with Gasteiger partial charge in [0.05, 0.1) is 13.2 Å². The Morgan fingerprint density at radius 1 is 1.44 bits per heavy atom. The van der Waals surface area contributed by atoms with Crippen molar-refractivity contribution in [3.63, 3.8) is 0 Å². The predicted octanol–water partition coefficient (Wildman–Crippen LogP) is 1.44. The van der Waals surface area contributed by atoms with Gasteiger partial charge in [-0.2, -0.15) is 0 Å². The molecule has 4 nitrogen and oxygen atoms in total. The van der Waals surface area contributed by atoms with Crippen LogP contribution in [-0.4, -0.2) is 36.5 Å². The monoisotopic (exact) mass is 227 g/mol. The van der Waals surface area contributed by atoms with Gasteiger partial charge < -0.3 is 4.74 Å². The number of carbonyl (C=O) groups excluding carboxylic acids is 2. The maximum absolute atomic E-state index is 11.7. The molecular formula is C12H21NO3. The second kappa shape index (κ2) is 5.99. The van der Waals surface area contributed by atoms with Gasteiger partial charge in [-0.25, -0.2) is 0 Å². The van der Waals surface area contributed by atoms with Crippen LogP contribution in [0.15, 0.2) is 0 Å². The van der Waals surface area contributed by atoms with Crippen molar-refractivity contribution in [3.8, 4) is 0 Å². The Balaban J connectivity index is 2.31. The molecule has 16 heavy (non-hydrogen) atoms.